The summed E-state index contributed by atoms with van der Waals surface area (Å²) in [4.78, 5) is 15.4. The molecule has 0 N–H and O–H groups in total. The number of amides is 1. The van der Waals surface area contributed by atoms with Gasteiger partial charge in [-0.1, -0.05) is 13.3 Å². The van der Waals surface area contributed by atoms with Gasteiger partial charge in [-0.3, -0.25) is 9.78 Å². The van der Waals surface area contributed by atoms with Crippen LogP contribution in [0.25, 0.3) is 0 Å². The fourth-order valence-electron chi connectivity index (χ4n) is 1.57. The van der Waals surface area contributed by atoms with Gasteiger partial charge in [0.1, 0.15) is 0 Å². The van der Waals surface area contributed by atoms with Crippen molar-refractivity contribution in [2.24, 2.45) is 4.36 Å². The molecule has 7 heteroatoms. The predicted octanol–water partition coefficient (Wildman–Crippen LogP) is 2.78. The Morgan fingerprint density at radius 2 is 2.17 bits per heavy atom. The normalized spacial score (nSPS) is 11.4. The van der Waals surface area contributed by atoms with E-state index < -0.39 is 23.2 Å². The maximum atomic E-state index is 12.8. The van der Waals surface area contributed by atoms with E-state index in [-0.39, 0.29) is 5.69 Å². The van der Waals surface area contributed by atoms with Crippen molar-refractivity contribution in [1.29, 1.82) is 0 Å². The molecule has 0 spiro atoms. The molecular weight excluding hydrogens is 265 g/mol. The SMILES string of the molecule is CCCCc1nccc(C(F)(F)F)c1C(=O)N=[SH2]. The van der Waals surface area contributed by atoms with E-state index in [1.54, 1.807) is 0 Å². The third-order valence-electron chi connectivity index (χ3n) is 2.42. The Kier molecular flexibility index (Phi) is 5.01. The first-order valence-corrected chi connectivity index (χ1v) is 5.83. The predicted molar refractivity (Wildman–Crippen MR) is 64.8 cm³/mol. The average Bonchev–Trinajstić information content (AvgIpc) is 2.33. The summed E-state index contributed by atoms with van der Waals surface area (Å²) >= 11 is 2.59. The van der Waals surface area contributed by atoms with Gasteiger partial charge in [0.25, 0.3) is 5.91 Å². The second kappa shape index (κ2) is 6.08. The van der Waals surface area contributed by atoms with Gasteiger partial charge in [-0.05, 0) is 18.9 Å². The van der Waals surface area contributed by atoms with Crippen LogP contribution in [0.1, 0.15) is 41.4 Å². The van der Waals surface area contributed by atoms with Gasteiger partial charge < -0.3 is 0 Å². The average molecular weight is 278 g/mol. The van der Waals surface area contributed by atoms with Crippen LogP contribution in [0, 0.1) is 0 Å². The molecule has 0 aliphatic heterocycles. The fourth-order valence-corrected chi connectivity index (χ4v) is 1.68. The van der Waals surface area contributed by atoms with Crippen molar-refractivity contribution >= 4 is 18.3 Å². The molecule has 0 radical (unpaired) electrons. The fraction of sp³-hybridized carbons (Fsp3) is 0.455. The number of hydrogen-bond donors (Lipinski definition) is 0. The minimum Gasteiger partial charge on any atom is -0.266 e. The van der Waals surface area contributed by atoms with Crippen LogP contribution in [0.2, 0.25) is 0 Å². The third kappa shape index (κ3) is 3.38. The molecule has 0 aromatic carbocycles. The van der Waals surface area contributed by atoms with E-state index in [4.69, 9.17) is 0 Å². The molecule has 0 saturated heterocycles. The van der Waals surface area contributed by atoms with Gasteiger partial charge >= 0.3 is 6.18 Å². The van der Waals surface area contributed by atoms with Crippen molar-refractivity contribution in [3.05, 3.63) is 29.1 Å². The van der Waals surface area contributed by atoms with Gasteiger partial charge in [0, 0.05) is 6.20 Å². The van der Waals surface area contributed by atoms with Crippen molar-refractivity contribution in [2.45, 2.75) is 32.4 Å². The molecule has 1 aromatic heterocycles. The standard InChI is InChI=1S/C11H13F3N2OS/c1-2-3-4-8-9(10(17)16-18)7(5-6-15-8)11(12,13)14/h5-6H,2-4,18H2,1H3. The lowest BCUT2D eigenvalue weighted by Gasteiger charge is -2.13. The highest BCUT2D eigenvalue weighted by Crippen LogP contribution is 2.33. The highest BCUT2D eigenvalue weighted by atomic mass is 32.1. The molecule has 1 rings (SSSR count). The minimum absolute atomic E-state index is 0.138. The Balaban J connectivity index is 3.35. The van der Waals surface area contributed by atoms with Gasteiger partial charge in [0.2, 0.25) is 0 Å². The van der Waals surface area contributed by atoms with Gasteiger partial charge in [-0.15, -0.1) is 12.4 Å². The molecule has 0 bridgehead atoms. The lowest BCUT2D eigenvalue weighted by atomic mass is 10.0. The molecule has 18 heavy (non-hydrogen) atoms. The van der Waals surface area contributed by atoms with Crippen LogP contribution in [0.5, 0.6) is 0 Å². The molecular formula is C11H13F3N2OS. The summed E-state index contributed by atoms with van der Waals surface area (Å²) < 4.78 is 41.6. The summed E-state index contributed by atoms with van der Waals surface area (Å²) in [5.74, 6) is -0.960. The molecule has 1 amide bonds. The highest BCUT2D eigenvalue weighted by Gasteiger charge is 2.36. The van der Waals surface area contributed by atoms with Crippen molar-refractivity contribution in [3.63, 3.8) is 0 Å². The van der Waals surface area contributed by atoms with Crippen LogP contribution < -0.4 is 0 Å². The van der Waals surface area contributed by atoms with Crippen LogP contribution in [0.4, 0.5) is 13.2 Å². The lowest BCUT2D eigenvalue weighted by Crippen LogP contribution is -2.15. The van der Waals surface area contributed by atoms with E-state index in [2.05, 4.69) is 21.8 Å². The molecule has 0 aliphatic carbocycles. The minimum atomic E-state index is -4.59. The number of pyridine rings is 1. The summed E-state index contributed by atoms with van der Waals surface area (Å²) in [5, 5.41) is 0. The van der Waals surface area contributed by atoms with Gasteiger partial charge in [-0.2, -0.15) is 17.5 Å². The van der Waals surface area contributed by atoms with Crippen LogP contribution in [0.15, 0.2) is 16.6 Å². The number of hydrogen-bond acceptors (Lipinski definition) is 2. The van der Waals surface area contributed by atoms with Crippen LogP contribution >= 0.6 is 0 Å². The van der Waals surface area contributed by atoms with Crippen LogP contribution in [-0.2, 0) is 25.0 Å². The molecule has 0 atom stereocenters. The molecule has 0 fully saturated rings. The van der Waals surface area contributed by atoms with E-state index in [0.29, 0.717) is 12.8 Å². The Hall–Kier alpha value is -1.24. The van der Waals surface area contributed by atoms with Gasteiger partial charge in [0.15, 0.2) is 0 Å². The summed E-state index contributed by atoms with van der Waals surface area (Å²) in [7, 11) is 0. The van der Waals surface area contributed by atoms with Crippen molar-refractivity contribution in [2.75, 3.05) is 0 Å². The Morgan fingerprint density at radius 3 is 2.67 bits per heavy atom. The zero-order valence-corrected chi connectivity index (χ0v) is 10.7. The van der Waals surface area contributed by atoms with E-state index in [1.807, 2.05) is 6.92 Å². The second-order valence-corrected chi connectivity index (χ2v) is 3.92. The number of carbonyl (C=O) groups is 1. The molecule has 0 aliphatic rings. The number of rotatable bonds is 4. The van der Waals surface area contributed by atoms with E-state index in [1.165, 1.54) is 0 Å². The van der Waals surface area contributed by atoms with Crippen molar-refractivity contribution < 1.29 is 18.0 Å². The number of halogens is 3. The molecule has 0 saturated carbocycles. The number of alkyl halides is 3. The largest absolute Gasteiger partial charge is 0.417 e. The number of unbranched alkanes of at least 4 members (excludes halogenated alkanes) is 1. The molecule has 1 aromatic rings. The topological polar surface area (TPSA) is 42.3 Å². The Bertz CT molecular complexity index is 460. The number of aromatic nitrogens is 1. The second-order valence-electron chi connectivity index (χ2n) is 3.70. The zero-order valence-electron chi connectivity index (χ0n) is 9.71. The monoisotopic (exact) mass is 278 g/mol. The Morgan fingerprint density at radius 1 is 1.50 bits per heavy atom. The number of carbonyl (C=O) groups excluding carboxylic acids is 1. The molecule has 100 valence electrons. The third-order valence-corrected chi connectivity index (χ3v) is 2.62. The molecule has 3 nitrogen and oxygen atoms in total. The Labute approximate surface area is 108 Å². The summed E-state index contributed by atoms with van der Waals surface area (Å²) in [5.41, 5.74) is -1.32. The summed E-state index contributed by atoms with van der Waals surface area (Å²) in [6.45, 7) is 1.91. The number of nitrogens with zero attached hydrogens (tertiary/aromatic N) is 2. The van der Waals surface area contributed by atoms with Gasteiger partial charge in [0.05, 0.1) is 16.8 Å². The zero-order chi connectivity index (χ0) is 13.8. The smallest absolute Gasteiger partial charge is 0.266 e. The van der Waals surface area contributed by atoms with Crippen molar-refractivity contribution in [1.82, 2.24) is 4.98 Å². The molecule has 1 heterocycles. The first-order valence-electron chi connectivity index (χ1n) is 5.38. The van der Waals surface area contributed by atoms with E-state index in [0.717, 1.165) is 18.7 Å². The van der Waals surface area contributed by atoms with Crippen LogP contribution in [0.3, 0.4) is 0 Å². The maximum absolute atomic E-state index is 12.8. The summed E-state index contributed by atoms with van der Waals surface area (Å²) in [6, 6.07) is 0.792. The van der Waals surface area contributed by atoms with Gasteiger partial charge in [-0.25, -0.2) is 0 Å². The first kappa shape index (κ1) is 14.8. The van der Waals surface area contributed by atoms with E-state index in [9.17, 15) is 18.0 Å². The van der Waals surface area contributed by atoms with Crippen molar-refractivity contribution in [3.8, 4) is 0 Å². The lowest BCUT2D eigenvalue weighted by molar-refractivity contribution is -0.138. The highest BCUT2D eigenvalue weighted by molar-refractivity contribution is 7.47. The quantitative estimate of drug-likeness (QED) is 0.850. The molecule has 0 unspecified atom stereocenters. The van der Waals surface area contributed by atoms with E-state index >= 15 is 0 Å². The maximum Gasteiger partial charge on any atom is 0.417 e. The summed E-state index contributed by atoms with van der Waals surface area (Å²) in [6.07, 6.45) is -1.74. The first-order chi connectivity index (χ1) is 8.41. The van der Waals surface area contributed by atoms with Crippen LogP contribution in [-0.4, -0.2) is 10.9 Å². The number of aryl methyl sites for hydroxylation is 1.